The number of carbonyl (C=O) groups excluding carboxylic acids is 1. The molecule has 1 aromatic rings. The number of aromatic nitrogens is 1. The molecule has 0 spiro atoms. The Balaban J connectivity index is 3.52. The van der Waals surface area contributed by atoms with Crippen molar-refractivity contribution in [2.24, 2.45) is 0 Å². The third kappa shape index (κ3) is 1.97. The molecule has 0 saturated carbocycles. The maximum Gasteiger partial charge on any atom is 0.196 e. The molecule has 0 fully saturated rings. The highest BCUT2D eigenvalue weighted by molar-refractivity contribution is 7.90. The zero-order valence-electron chi connectivity index (χ0n) is 7.44. The van der Waals surface area contributed by atoms with E-state index in [0.717, 1.165) is 17.6 Å². The van der Waals surface area contributed by atoms with Crippen LogP contribution in [0.15, 0.2) is 5.03 Å². The molecule has 1 rings (SSSR count). The second-order valence-corrected chi connectivity index (χ2v) is 5.52. The largest absolute Gasteiger partial charge is 0.293 e. The average Bonchev–Trinajstić information content (AvgIpc) is 2.46. The van der Waals surface area contributed by atoms with Gasteiger partial charge < -0.3 is 0 Å². The predicted molar refractivity (Wildman–Crippen MR) is 49.9 cm³/mol. The Labute approximate surface area is 84.9 Å². The molecule has 1 heterocycles. The second-order valence-electron chi connectivity index (χ2n) is 2.59. The number of ketones is 1. The van der Waals surface area contributed by atoms with Crippen molar-refractivity contribution in [2.75, 3.05) is 6.26 Å². The number of nitriles is 1. The summed E-state index contributed by atoms with van der Waals surface area (Å²) in [5.41, 5.74) is 0. The summed E-state index contributed by atoms with van der Waals surface area (Å²) in [4.78, 5) is 14.6. The molecule has 0 radical (unpaired) electrons. The van der Waals surface area contributed by atoms with Crippen LogP contribution in [-0.4, -0.2) is 25.4 Å². The molecule has 0 unspecified atom stereocenters. The summed E-state index contributed by atoms with van der Waals surface area (Å²) in [5, 5.41) is 8.20. The Morgan fingerprint density at radius 2 is 2.14 bits per heavy atom. The van der Waals surface area contributed by atoms with Crippen molar-refractivity contribution in [3.05, 3.63) is 9.88 Å². The number of hydrogen-bond acceptors (Lipinski definition) is 6. The highest BCUT2D eigenvalue weighted by atomic mass is 32.2. The Morgan fingerprint density at radius 1 is 1.57 bits per heavy atom. The van der Waals surface area contributed by atoms with Crippen LogP contribution in [0.3, 0.4) is 0 Å². The Morgan fingerprint density at radius 3 is 2.43 bits per heavy atom. The molecule has 14 heavy (non-hydrogen) atoms. The Kier molecular flexibility index (Phi) is 2.69. The van der Waals surface area contributed by atoms with Gasteiger partial charge in [0.25, 0.3) is 0 Å². The van der Waals surface area contributed by atoms with Gasteiger partial charge in [-0.2, -0.15) is 5.26 Å². The molecule has 1 aromatic heterocycles. The summed E-state index contributed by atoms with van der Waals surface area (Å²) in [6, 6.07) is 1.71. The smallest absolute Gasteiger partial charge is 0.196 e. The van der Waals surface area contributed by atoms with Crippen LogP contribution in [0, 0.1) is 11.3 Å². The highest BCUT2D eigenvalue weighted by Gasteiger charge is 2.22. The molecule has 0 aliphatic carbocycles. The topological polar surface area (TPSA) is 87.9 Å². The van der Waals surface area contributed by atoms with Gasteiger partial charge in [-0.05, 0) is 0 Å². The Hall–Kier alpha value is -1.26. The number of thiazole rings is 1. The molecule has 5 nitrogen and oxygen atoms in total. The van der Waals surface area contributed by atoms with Crippen LogP contribution in [0.2, 0.25) is 0 Å². The number of sulfone groups is 1. The molecular formula is C7H6N2O3S2. The maximum atomic E-state index is 11.2. The fourth-order valence-corrected chi connectivity index (χ4v) is 2.85. The van der Waals surface area contributed by atoms with E-state index in [1.807, 2.05) is 0 Å². The first-order valence-electron chi connectivity index (χ1n) is 3.48. The third-order valence-corrected chi connectivity index (χ3v) is 3.55. The van der Waals surface area contributed by atoms with E-state index < -0.39 is 15.6 Å². The first-order chi connectivity index (χ1) is 6.36. The van der Waals surface area contributed by atoms with Crippen LogP contribution in [-0.2, 0) is 9.84 Å². The van der Waals surface area contributed by atoms with E-state index in [1.54, 1.807) is 6.07 Å². The monoisotopic (exact) mass is 230 g/mol. The van der Waals surface area contributed by atoms with E-state index in [9.17, 15) is 13.2 Å². The van der Waals surface area contributed by atoms with E-state index in [-0.39, 0.29) is 14.9 Å². The number of nitrogens with zero attached hydrogens (tertiary/aromatic N) is 2. The number of carbonyl (C=O) groups is 1. The van der Waals surface area contributed by atoms with Gasteiger partial charge in [0.05, 0.1) is 0 Å². The van der Waals surface area contributed by atoms with Gasteiger partial charge in [0.15, 0.2) is 25.7 Å². The van der Waals surface area contributed by atoms with Gasteiger partial charge in [0.1, 0.15) is 10.9 Å². The summed E-state index contributed by atoms with van der Waals surface area (Å²) in [7, 11) is -3.54. The lowest BCUT2D eigenvalue weighted by molar-refractivity contribution is 0.101. The molecule has 0 aliphatic rings. The fraction of sp³-hybridized carbons (Fsp3) is 0.286. The molecule has 7 heteroatoms. The predicted octanol–water partition coefficient (Wildman–Crippen LogP) is 0.621. The number of Topliss-reactive ketones (excluding diaryl/α,β-unsaturated/α-hetero) is 1. The van der Waals surface area contributed by atoms with E-state index >= 15 is 0 Å². The summed E-state index contributed by atoms with van der Waals surface area (Å²) in [5.74, 6) is -0.399. The minimum absolute atomic E-state index is 0.0176. The van der Waals surface area contributed by atoms with Crippen molar-refractivity contribution in [1.29, 1.82) is 5.26 Å². The van der Waals surface area contributed by atoms with Gasteiger partial charge in [0, 0.05) is 13.2 Å². The number of hydrogen-bond donors (Lipinski definition) is 0. The maximum absolute atomic E-state index is 11.2. The lowest BCUT2D eigenvalue weighted by atomic mass is 10.4. The minimum atomic E-state index is -3.54. The summed E-state index contributed by atoms with van der Waals surface area (Å²) in [6.07, 6.45) is 0.954. The van der Waals surface area contributed by atoms with Crippen LogP contribution < -0.4 is 0 Å². The average molecular weight is 230 g/mol. The lowest BCUT2D eigenvalue weighted by Gasteiger charge is -1.93. The molecule has 0 bridgehead atoms. The van der Waals surface area contributed by atoms with Crippen molar-refractivity contribution in [3.63, 3.8) is 0 Å². The molecule has 0 N–H and O–H groups in total. The first-order valence-corrected chi connectivity index (χ1v) is 6.19. The minimum Gasteiger partial charge on any atom is -0.293 e. The van der Waals surface area contributed by atoms with E-state index in [1.165, 1.54) is 6.92 Å². The van der Waals surface area contributed by atoms with Gasteiger partial charge in [-0.1, -0.05) is 11.3 Å². The molecule has 0 amide bonds. The van der Waals surface area contributed by atoms with Crippen LogP contribution in [0.1, 0.15) is 21.6 Å². The lowest BCUT2D eigenvalue weighted by Crippen LogP contribution is -2.03. The van der Waals surface area contributed by atoms with Crippen molar-refractivity contribution >= 4 is 27.0 Å². The first kappa shape index (κ1) is 10.8. The SMILES string of the molecule is CC(=O)c1sc(C#N)nc1S(C)(=O)=O. The quantitative estimate of drug-likeness (QED) is 0.695. The second kappa shape index (κ2) is 3.48. The van der Waals surface area contributed by atoms with Gasteiger partial charge in [-0.15, -0.1) is 0 Å². The molecule has 0 atom stereocenters. The van der Waals surface area contributed by atoms with E-state index in [4.69, 9.17) is 5.26 Å². The fourth-order valence-electron chi connectivity index (χ4n) is 0.828. The molecular weight excluding hydrogens is 224 g/mol. The van der Waals surface area contributed by atoms with E-state index in [0.29, 0.717) is 0 Å². The number of rotatable bonds is 2. The standard InChI is InChI=1S/C7H6N2O3S2/c1-4(10)6-7(14(2,11)12)9-5(3-8)13-6/h1-2H3. The van der Waals surface area contributed by atoms with Crippen molar-refractivity contribution < 1.29 is 13.2 Å². The zero-order valence-corrected chi connectivity index (χ0v) is 9.07. The third-order valence-electron chi connectivity index (χ3n) is 1.36. The van der Waals surface area contributed by atoms with Crippen LogP contribution >= 0.6 is 11.3 Å². The van der Waals surface area contributed by atoms with Crippen molar-refractivity contribution in [2.45, 2.75) is 11.9 Å². The van der Waals surface area contributed by atoms with Crippen LogP contribution in [0.4, 0.5) is 0 Å². The normalized spacial score (nSPS) is 10.9. The molecule has 74 valence electrons. The highest BCUT2D eigenvalue weighted by Crippen LogP contribution is 2.22. The van der Waals surface area contributed by atoms with Crippen LogP contribution in [0.5, 0.6) is 0 Å². The zero-order chi connectivity index (χ0) is 10.9. The van der Waals surface area contributed by atoms with Gasteiger partial charge >= 0.3 is 0 Å². The molecule has 0 aromatic carbocycles. The van der Waals surface area contributed by atoms with Crippen molar-refractivity contribution in [1.82, 2.24) is 4.98 Å². The van der Waals surface area contributed by atoms with Gasteiger partial charge in [-0.3, -0.25) is 4.79 Å². The Bertz CT molecular complexity index is 522. The molecule has 0 saturated heterocycles. The summed E-state index contributed by atoms with van der Waals surface area (Å²) < 4.78 is 22.3. The molecule has 0 aliphatic heterocycles. The van der Waals surface area contributed by atoms with Crippen LogP contribution in [0.25, 0.3) is 0 Å². The van der Waals surface area contributed by atoms with Gasteiger partial charge in [-0.25, -0.2) is 13.4 Å². The van der Waals surface area contributed by atoms with Crippen molar-refractivity contribution in [3.8, 4) is 6.07 Å². The van der Waals surface area contributed by atoms with Gasteiger partial charge in [0.2, 0.25) is 0 Å². The summed E-state index contributed by atoms with van der Waals surface area (Å²) in [6.45, 7) is 1.24. The summed E-state index contributed by atoms with van der Waals surface area (Å²) >= 11 is 0.794. The van der Waals surface area contributed by atoms with E-state index in [2.05, 4.69) is 4.98 Å².